The minimum Gasteiger partial charge on any atom is -0.388 e. The van der Waals surface area contributed by atoms with Crippen LogP contribution in [-0.2, 0) is 5.60 Å². The zero-order valence-corrected chi connectivity index (χ0v) is 14.9. The normalized spacial score (nSPS) is 11.2. The van der Waals surface area contributed by atoms with E-state index in [-0.39, 0.29) is 0 Å². The van der Waals surface area contributed by atoms with Gasteiger partial charge in [0.05, 0.1) is 0 Å². The van der Waals surface area contributed by atoms with Crippen LogP contribution in [0.3, 0.4) is 0 Å². The second kappa shape index (κ2) is 6.99. The van der Waals surface area contributed by atoms with Crippen LogP contribution < -0.4 is 10.2 Å². The maximum absolute atomic E-state index is 12.0. The van der Waals surface area contributed by atoms with Gasteiger partial charge in [-0.05, 0) is 23.3 Å². The molecule has 0 spiro atoms. The third-order valence-corrected chi connectivity index (χ3v) is 4.54. The highest BCUT2D eigenvalue weighted by Gasteiger charge is 2.36. The highest BCUT2D eigenvalue weighted by atomic mass is 16.3. The van der Waals surface area contributed by atoms with E-state index < -0.39 is 5.60 Å². The summed E-state index contributed by atoms with van der Waals surface area (Å²) in [6.07, 6.45) is 0. The Morgan fingerprint density at radius 3 is 1.76 bits per heavy atom. The van der Waals surface area contributed by atoms with Crippen LogP contribution in [0.25, 0.3) is 0 Å². The van der Waals surface area contributed by atoms with Crippen LogP contribution in [0, 0.1) is 0 Å². The average Bonchev–Trinajstić information content (AvgIpc) is 2.68. The first-order valence-corrected chi connectivity index (χ1v) is 8.40. The van der Waals surface area contributed by atoms with Crippen LogP contribution in [0.5, 0.6) is 0 Å². The monoisotopic (exact) mass is 332 g/mol. The zero-order valence-electron chi connectivity index (χ0n) is 14.9. The molecule has 3 aromatic rings. The van der Waals surface area contributed by atoms with Gasteiger partial charge in [0.25, 0.3) is 0 Å². The fraction of sp³-hybridized carbons (Fsp3) is 0.182. The molecule has 0 heterocycles. The smallest absolute Gasteiger partial charge is 0.142 e. The SMILES string of the molecule is CNc1ccc(C(O)(c2ccccc2)c2ccccc2)c(N(C)C)c1. The number of rotatable bonds is 5. The first kappa shape index (κ1) is 17.1. The maximum Gasteiger partial charge on any atom is 0.142 e. The molecule has 0 saturated carbocycles. The number of hydrogen-bond donors (Lipinski definition) is 2. The zero-order chi connectivity index (χ0) is 17.9. The van der Waals surface area contributed by atoms with Gasteiger partial charge in [-0.3, -0.25) is 0 Å². The molecule has 0 fully saturated rings. The highest BCUT2D eigenvalue weighted by molar-refractivity contribution is 5.67. The average molecular weight is 332 g/mol. The van der Waals surface area contributed by atoms with Crippen LogP contribution >= 0.6 is 0 Å². The summed E-state index contributed by atoms with van der Waals surface area (Å²) in [5, 5.41) is 15.1. The summed E-state index contributed by atoms with van der Waals surface area (Å²) in [6.45, 7) is 0. The molecule has 0 unspecified atom stereocenters. The van der Waals surface area contributed by atoms with Gasteiger partial charge in [-0.1, -0.05) is 66.7 Å². The molecule has 0 radical (unpaired) electrons. The third-order valence-electron chi connectivity index (χ3n) is 4.54. The Morgan fingerprint density at radius 2 is 1.32 bits per heavy atom. The predicted molar refractivity (Wildman–Crippen MR) is 105 cm³/mol. The first-order chi connectivity index (χ1) is 12.1. The molecule has 128 valence electrons. The molecule has 0 aliphatic carbocycles. The molecule has 0 aliphatic rings. The molecule has 0 bridgehead atoms. The van der Waals surface area contributed by atoms with Crippen molar-refractivity contribution < 1.29 is 5.11 Å². The molecule has 3 aromatic carbocycles. The Labute approximate surface area is 149 Å². The summed E-state index contributed by atoms with van der Waals surface area (Å²) in [5.41, 5.74) is 3.31. The Bertz CT molecular complexity index is 790. The largest absolute Gasteiger partial charge is 0.388 e. The van der Waals surface area contributed by atoms with Gasteiger partial charge in [-0.2, -0.15) is 0 Å². The fourth-order valence-corrected chi connectivity index (χ4v) is 3.20. The van der Waals surface area contributed by atoms with E-state index in [0.29, 0.717) is 0 Å². The maximum atomic E-state index is 12.0. The van der Waals surface area contributed by atoms with Crippen molar-refractivity contribution in [2.24, 2.45) is 0 Å². The molecule has 0 aliphatic heterocycles. The molecular weight excluding hydrogens is 308 g/mol. The van der Waals surface area contributed by atoms with Crippen LogP contribution in [0.4, 0.5) is 11.4 Å². The highest BCUT2D eigenvalue weighted by Crippen LogP contribution is 2.41. The van der Waals surface area contributed by atoms with E-state index in [4.69, 9.17) is 0 Å². The summed E-state index contributed by atoms with van der Waals surface area (Å²) >= 11 is 0. The minimum absolute atomic E-state index is 0.849. The second-order valence-electron chi connectivity index (χ2n) is 6.32. The fourth-order valence-electron chi connectivity index (χ4n) is 3.20. The number of hydrogen-bond acceptors (Lipinski definition) is 3. The lowest BCUT2D eigenvalue weighted by Crippen LogP contribution is -2.31. The molecule has 25 heavy (non-hydrogen) atoms. The van der Waals surface area contributed by atoms with Gasteiger partial charge < -0.3 is 15.3 Å². The Hall–Kier alpha value is -2.78. The van der Waals surface area contributed by atoms with E-state index in [1.807, 2.05) is 98.8 Å². The van der Waals surface area contributed by atoms with Crippen molar-refractivity contribution in [3.8, 4) is 0 Å². The molecule has 0 saturated heterocycles. The molecule has 3 heteroatoms. The Morgan fingerprint density at radius 1 is 0.800 bits per heavy atom. The number of nitrogens with one attached hydrogen (secondary N) is 1. The van der Waals surface area contributed by atoms with Crippen molar-refractivity contribution in [3.05, 3.63) is 95.6 Å². The molecule has 3 rings (SSSR count). The third kappa shape index (κ3) is 3.11. The van der Waals surface area contributed by atoms with E-state index in [1.165, 1.54) is 0 Å². The molecular formula is C22H24N2O. The van der Waals surface area contributed by atoms with Gasteiger partial charge in [0.2, 0.25) is 0 Å². The summed E-state index contributed by atoms with van der Waals surface area (Å²) in [7, 11) is 5.89. The van der Waals surface area contributed by atoms with E-state index in [9.17, 15) is 5.11 Å². The Balaban J connectivity index is 2.30. The van der Waals surface area contributed by atoms with E-state index >= 15 is 0 Å². The van der Waals surface area contributed by atoms with Crippen molar-refractivity contribution in [3.63, 3.8) is 0 Å². The topological polar surface area (TPSA) is 35.5 Å². The number of benzene rings is 3. The summed E-state index contributed by atoms with van der Waals surface area (Å²) in [5.74, 6) is 0. The van der Waals surface area contributed by atoms with E-state index in [2.05, 4.69) is 11.4 Å². The minimum atomic E-state index is -1.23. The van der Waals surface area contributed by atoms with Crippen molar-refractivity contribution in [1.29, 1.82) is 0 Å². The van der Waals surface area contributed by atoms with Crippen molar-refractivity contribution >= 4 is 11.4 Å². The predicted octanol–water partition coefficient (Wildman–Crippen LogP) is 4.08. The van der Waals surface area contributed by atoms with Crippen LogP contribution in [0.1, 0.15) is 16.7 Å². The molecule has 0 atom stereocenters. The summed E-state index contributed by atoms with van der Waals surface area (Å²) in [6, 6.07) is 25.7. The molecule has 0 amide bonds. The van der Waals surface area contributed by atoms with Gasteiger partial charge in [-0.15, -0.1) is 0 Å². The van der Waals surface area contributed by atoms with Crippen molar-refractivity contribution in [1.82, 2.24) is 0 Å². The lowest BCUT2D eigenvalue weighted by molar-refractivity contribution is 0.126. The molecule has 2 N–H and O–H groups in total. The number of aliphatic hydroxyl groups is 1. The van der Waals surface area contributed by atoms with Crippen LogP contribution in [0.2, 0.25) is 0 Å². The lowest BCUT2D eigenvalue weighted by atomic mass is 9.79. The van der Waals surface area contributed by atoms with E-state index in [1.54, 1.807) is 0 Å². The van der Waals surface area contributed by atoms with Gasteiger partial charge in [0, 0.05) is 38.1 Å². The molecule has 3 nitrogen and oxygen atoms in total. The van der Waals surface area contributed by atoms with Crippen LogP contribution in [0.15, 0.2) is 78.9 Å². The molecule has 0 aromatic heterocycles. The second-order valence-corrected chi connectivity index (χ2v) is 6.32. The van der Waals surface area contributed by atoms with Crippen LogP contribution in [-0.4, -0.2) is 26.2 Å². The summed E-state index contributed by atoms with van der Waals surface area (Å²) < 4.78 is 0. The van der Waals surface area contributed by atoms with Gasteiger partial charge >= 0.3 is 0 Å². The van der Waals surface area contributed by atoms with Gasteiger partial charge in [0.15, 0.2) is 0 Å². The quantitative estimate of drug-likeness (QED) is 0.691. The number of nitrogens with zero attached hydrogens (tertiary/aromatic N) is 1. The number of anilines is 2. The Kier molecular flexibility index (Phi) is 4.77. The summed E-state index contributed by atoms with van der Waals surface area (Å²) in [4.78, 5) is 2.03. The van der Waals surface area contributed by atoms with E-state index in [0.717, 1.165) is 28.1 Å². The first-order valence-electron chi connectivity index (χ1n) is 8.40. The van der Waals surface area contributed by atoms with Gasteiger partial charge in [-0.25, -0.2) is 0 Å². The van der Waals surface area contributed by atoms with Gasteiger partial charge in [0.1, 0.15) is 5.60 Å². The lowest BCUT2D eigenvalue weighted by Gasteiger charge is -2.33. The standard InChI is InChI=1S/C22H24N2O/c1-23-19-14-15-20(21(16-19)24(2)3)22(25,17-10-6-4-7-11-17)18-12-8-5-9-13-18/h4-16,23,25H,1-3H3. The van der Waals surface area contributed by atoms with Crippen molar-refractivity contribution in [2.75, 3.05) is 31.4 Å². The van der Waals surface area contributed by atoms with Crippen molar-refractivity contribution in [2.45, 2.75) is 5.60 Å².